The Kier molecular flexibility index (Phi) is 7.37. The van der Waals surface area contributed by atoms with Crippen LogP contribution in [0.2, 0.25) is 0 Å². The number of ether oxygens (including phenoxy) is 1. The largest absolute Gasteiger partial charge is 0.465 e. The van der Waals surface area contributed by atoms with Crippen molar-refractivity contribution in [2.45, 2.75) is 13.1 Å². The first kappa shape index (κ1) is 21.6. The summed E-state index contributed by atoms with van der Waals surface area (Å²) in [6.07, 6.45) is 0. The van der Waals surface area contributed by atoms with Crippen LogP contribution in [-0.2, 0) is 17.8 Å². The fourth-order valence-corrected chi connectivity index (χ4v) is 2.85. The standard InChI is InChI=1S/C24H23N3O4/c1-31-23(29)19-12-10-17(11-13-19)15-25-24(30)26-16-18-6-5-7-20(14-18)22(28)27-21-8-3-2-4-9-21/h2-14H,15-16H2,1H3,(H,27,28)(H2,25,26,30). The van der Waals surface area contributed by atoms with Gasteiger partial charge in [0.1, 0.15) is 0 Å². The van der Waals surface area contributed by atoms with Crippen LogP contribution in [0.15, 0.2) is 78.9 Å². The minimum atomic E-state index is -0.406. The van der Waals surface area contributed by atoms with Crippen molar-refractivity contribution < 1.29 is 19.1 Å². The lowest BCUT2D eigenvalue weighted by Gasteiger charge is -2.10. The molecule has 0 spiro atoms. The van der Waals surface area contributed by atoms with Gasteiger partial charge in [0.05, 0.1) is 12.7 Å². The third-order valence-electron chi connectivity index (χ3n) is 4.50. The molecule has 0 aliphatic heterocycles. The number of hydrogen-bond donors (Lipinski definition) is 3. The van der Waals surface area contributed by atoms with E-state index >= 15 is 0 Å². The number of methoxy groups -OCH3 is 1. The molecule has 0 saturated carbocycles. The summed E-state index contributed by atoms with van der Waals surface area (Å²) >= 11 is 0. The van der Waals surface area contributed by atoms with Crippen molar-refractivity contribution in [2.24, 2.45) is 0 Å². The second kappa shape index (κ2) is 10.6. The van der Waals surface area contributed by atoms with Crippen LogP contribution in [0, 0.1) is 0 Å². The molecule has 3 amide bonds. The molecule has 7 nitrogen and oxygen atoms in total. The first-order chi connectivity index (χ1) is 15.0. The number of anilines is 1. The van der Waals surface area contributed by atoms with E-state index < -0.39 is 5.97 Å². The van der Waals surface area contributed by atoms with Crippen molar-refractivity contribution in [1.29, 1.82) is 0 Å². The Hall–Kier alpha value is -4.13. The van der Waals surface area contributed by atoms with E-state index in [1.165, 1.54) is 7.11 Å². The summed E-state index contributed by atoms with van der Waals surface area (Å²) in [5.41, 5.74) is 3.33. The number of para-hydroxylation sites is 1. The molecule has 3 rings (SSSR count). The lowest BCUT2D eigenvalue weighted by atomic mass is 10.1. The van der Waals surface area contributed by atoms with Crippen LogP contribution in [0.5, 0.6) is 0 Å². The van der Waals surface area contributed by atoms with Gasteiger partial charge in [0, 0.05) is 24.3 Å². The molecular weight excluding hydrogens is 394 g/mol. The monoisotopic (exact) mass is 417 g/mol. The topological polar surface area (TPSA) is 96.5 Å². The van der Waals surface area contributed by atoms with Gasteiger partial charge in [0.25, 0.3) is 5.91 Å². The van der Waals surface area contributed by atoms with Gasteiger partial charge < -0.3 is 20.7 Å². The Morgan fingerprint density at radius 2 is 1.42 bits per heavy atom. The summed E-state index contributed by atoms with van der Waals surface area (Å²) < 4.78 is 4.66. The molecule has 0 bridgehead atoms. The van der Waals surface area contributed by atoms with E-state index in [1.807, 2.05) is 36.4 Å². The van der Waals surface area contributed by atoms with Gasteiger partial charge in [-0.3, -0.25) is 4.79 Å². The Balaban J connectivity index is 1.48. The maximum absolute atomic E-state index is 12.4. The number of esters is 1. The predicted molar refractivity (Wildman–Crippen MR) is 118 cm³/mol. The molecule has 0 aromatic heterocycles. The molecule has 0 heterocycles. The zero-order chi connectivity index (χ0) is 22.1. The maximum atomic E-state index is 12.4. The van der Waals surface area contributed by atoms with Gasteiger partial charge in [-0.25, -0.2) is 9.59 Å². The highest BCUT2D eigenvalue weighted by Crippen LogP contribution is 2.11. The molecule has 158 valence electrons. The van der Waals surface area contributed by atoms with Crippen molar-refractivity contribution in [1.82, 2.24) is 10.6 Å². The molecular formula is C24H23N3O4. The first-order valence-corrected chi connectivity index (χ1v) is 9.69. The van der Waals surface area contributed by atoms with Crippen LogP contribution in [-0.4, -0.2) is 25.0 Å². The Morgan fingerprint density at radius 1 is 0.742 bits per heavy atom. The molecule has 3 aromatic rings. The number of rotatable bonds is 7. The number of amides is 3. The second-order valence-corrected chi connectivity index (χ2v) is 6.75. The van der Waals surface area contributed by atoms with Crippen molar-refractivity contribution in [3.63, 3.8) is 0 Å². The number of nitrogens with one attached hydrogen (secondary N) is 3. The number of hydrogen-bond acceptors (Lipinski definition) is 4. The fraction of sp³-hybridized carbons (Fsp3) is 0.125. The maximum Gasteiger partial charge on any atom is 0.337 e. The van der Waals surface area contributed by atoms with Gasteiger partial charge in [-0.05, 0) is 47.5 Å². The molecule has 0 aliphatic rings. The quantitative estimate of drug-likeness (QED) is 0.511. The summed E-state index contributed by atoms with van der Waals surface area (Å²) in [7, 11) is 1.33. The van der Waals surface area contributed by atoms with E-state index in [9.17, 15) is 14.4 Å². The normalized spacial score (nSPS) is 10.1. The molecule has 0 saturated heterocycles. The Morgan fingerprint density at radius 3 is 2.10 bits per heavy atom. The summed E-state index contributed by atoms with van der Waals surface area (Å²) in [5, 5.41) is 8.36. The van der Waals surface area contributed by atoms with Gasteiger partial charge in [-0.2, -0.15) is 0 Å². The van der Waals surface area contributed by atoms with E-state index in [4.69, 9.17) is 0 Å². The van der Waals surface area contributed by atoms with Gasteiger partial charge >= 0.3 is 12.0 Å². The van der Waals surface area contributed by atoms with Crippen molar-refractivity contribution in [3.05, 3.63) is 101 Å². The third kappa shape index (κ3) is 6.43. The highest BCUT2D eigenvalue weighted by Gasteiger charge is 2.08. The van der Waals surface area contributed by atoms with Crippen LogP contribution in [0.4, 0.5) is 10.5 Å². The van der Waals surface area contributed by atoms with Crippen LogP contribution >= 0.6 is 0 Å². The average Bonchev–Trinajstić information content (AvgIpc) is 2.82. The summed E-state index contributed by atoms with van der Waals surface area (Å²) in [6.45, 7) is 0.590. The van der Waals surface area contributed by atoms with Crippen molar-refractivity contribution in [2.75, 3.05) is 12.4 Å². The van der Waals surface area contributed by atoms with Crippen LogP contribution in [0.3, 0.4) is 0 Å². The van der Waals surface area contributed by atoms with Crippen molar-refractivity contribution >= 4 is 23.6 Å². The van der Waals surface area contributed by atoms with Gasteiger partial charge in [-0.15, -0.1) is 0 Å². The third-order valence-corrected chi connectivity index (χ3v) is 4.50. The highest BCUT2D eigenvalue weighted by molar-refractivity contribution is 6.04. The predicted octanol–water partition coefficient (Wildman–Crippen LogP) is 3.72. The van der Waals surface area contributed by atoms with E-state index in [1.54, 1.807) is 42.5 Å². The molecule has 0 atom stereocenters. The van der Waals surface area contributed by atoms with E-state index in [0.717, 1.165) is 16.8 Å². The number of carbonyl (C=O) groups excluding carboxylic acids is 3. The zero-order valence-corrected chi connectivity index (χ0v) is 17.1. The smallest absolute Gasteiger partial charge is 0.337 e. The number of benzene rings is 3. The molecule has 7 heteroatoms. The SMILES string of the molecule is COC(=O)c1ccc(CNC(=O)NCc2cccc(C(=O)Nc3ccccc3)c2)cc1. The lowest BCUT2D eigenvalue weighted by Crippen LogP contribution is -2.34. The second-order valence-electron chi connectivity index (χ2n) is 6.75. The molecule has 3 aromatic carbocycles. The van der Waals surface area contributed by atoms with Crippen LogP contribution < -0.4 is 16.0 Å². The number of carbonyl (C=O) groups is 3. The van der Waals surface area contributed by atoms with Crippen LogP contribution in [0.25, 0.3) is 0 Å². The Bertz CT molecular complexity index is 1050. The zero-order valence-electron chi connectivity index (χ0n) is 17.1. The lowest BCUT2D eigenvalue weighted by molar-refractivity contribution is 0.0600. The van der Waals surface area contributed by atoms with E-state index in [0.29, 0.717) is 17.7 Å². The van der Waals surface area contributed by atoms with Crippen molar-refractivity contribution in [3.8, 4) is 0 Å². The summed E-state index contributed by atoms with van der Waals surface area (Å²) in [6, 6.07) is 22.7. The minimum absolute atomic E-state index is 0.215. The molecule has 3 N–H and O–H groups in total. The van der Waals surface area contributed by atoms with Gasteiger partial charge in [0.15, 0.2) is 0 Å². The van der Waals surface area contributed by atoms with E-state index in [2.05, 4.69) is 20.7 Å². The van der Waals surface area contributed by atoms with Gasteiger partial charge in [0.2, 0.25) is 0 Å². The highest BCUT2D eigenvalue weighted by atomic mass is 16.5. The van der Waals surface area contributed by atoms with Gasteiger partial charge in [-0.1, -0.05) is 42.5 Å². The van der Waals surface area contributed by atoms with Crippen LogP contribution in [0.1, 0.15) is 31.8 Å². The molecule has 0 fully saturated rings. The molecule has 0 aliphatic carbocycles. The molecule has 0 radical (unpaired) electrons. The number of urea groups is 1. The van der Waals surface area contributed by atoms with E-state index in [-0.39, 0.29) is 18.5 Å². The first-order valence-electron chi connectivity index (χ1n) is 9.69. The average molecular weight is 417 g/mol. The summed E-state index contributed by atoms with van der Waals surface area (Å²) in [4.78, 5) is 35.9. The molecule has 31 heavy (non-hydrogen) atoms. The Labute approximate surface area is 180 Å². The minimum Gasteiger partial charge on any atom is -0.465 e. The summed E-state index contributed by atoms with van der Waals surface area (Å²) in [5.74, 6) is -0.621. The fourth-order valence-electron chi connectivity index (χ4n) is 2.85. The molecule has 0 unspecified atom stereocenters.